The van der Waals surface area contributed by atoms with Gasteiger partial charge in [0.1, 0.15) is 11.5 Å². The van der Waals surface area contributed by atoms with E-state index in [-0.39, 0.29) is 5.92 Å². The molecule has 0 unspecified atom stereocenters. The summed E-state index contributed by atoms with van der Waals surface area (Å²) in [7, 11) is 0. The van der Waals surface area contributed by atoms with Crippen LogP contribution in [0.15, 0.2) is 24.3 Å². The second-order valence-electron chi connectivity index (χ2n) is 8.95. The topological polar surface area (TPSA) is 40.5 Å². The molecule has 5 rings (SSSR count). The van der Waals surface area contributed by atoms with E-state index in [1.165, 1.54) is 36.8 Å². The van der Waals surface area contributed by atoms with Crippen LogP contribution in [0.25, 0.3) is 0 Å². The minimum atomic E-state index is 0.0674. The first-order chi connectivity index (χ1) is 12.3. The minimum absolute atomic E-state index is 0.0674. The Morgan fingerprint density at radius 1 is 0.692 bits per heavy atom. The van der Waals surface area contributed by atoms with E-state index < -0.39 is 0 Å². The lowest BCUT2D eigenvalue weighted by atomic mass is 9.57. The smallest absolute Gasteiger partial charge is 0.122 e. The van der Waals surface area contributed by atoms with Crippen LogP contribution in [-0.4, -0.2) is 10.2 Å². The molecule has 2 heteroatoms. The fraction of sp³-hybridized carbons (Fsp3) is 0.500. The van der Waals surface area contributed by atoms with Gasteiger partial charge in [-0.3, -0.25) is 0 Å². The van der Waals surface area contributed by atoms with Crippen LogP contribution in [0, 0.1) is 45.4 Å². The molecule has 138 valence electrons. The Morgan fingerprint density at radius 2 is 1.12 bits per heavy atom. The van der Waals surface area contributed by atoms with Gasteiger partial charge in [0.25, 0.3) is 0 Å². The zero-order valence-electron chi connectivity index (χ0n) is 16.3. The summed E-state index contributed by atoms with van der Waals surface area (Å²) in [5, 5.41) is 21.8. The Kier molecular flexibility index (Phi) is 4.25. The Morgan fingerprint density at radius 3 is 1.54 bits per heavy atom. The van der Waals surface area contributed by atoms with Crippen molar-refractivity contribution in [2.24, 2.45) is 17.8 Å². The summed E-state index contributed by atoms with van der Waals surface area (Å²) in [6, 6.07) is 8.33. The largest absolute Gasteiger partial charge is 0.507 e. The number of fused-ring (bicyclic) bond motifs is 2. The summed E-state index contributed by atoms with van der Waals surface area (Å²) in [6.07, 6.45) is 5.17. The minimum Gasteiger partial charge on any atom is -0.507 e. The summed E-state index contributed by atoms with van der Waals surface area (Å²) in [5.74, 6) is 3.03. The molecule has 3 aliphatic carbocycles. The lowest BCUT2D eigenvalue weighted by molar-refractivity contribution is 0.0595. The Bertz CT molecular complexity index is 778. The van der Waals surface area contributed by atoms with Crippen molar-refractivity contribution >= 4 is 0 Å². The average molecular weight is 351 g/mol. The SMILES string of the molecule is Cc1cc(C)c(O)c(C(c2cc(C)cc(C)c2O)C2CC3CC(C3)C2)c1. The van der Waals surface area contributed by atoms with Crippen molar-refractivity contribution in [3.8, 4) is 11.5 Å². The molecule has 2 aromatic carbocycles. The number of rotatable bonds is 3. The first-order valence-corrected chi connectivity index (χ1v) is 9.93. The zero-order chi connectivity index (χ0) is 18.6. The van der Waals surface area contributed by atoms with Gasteiger partial charge < -0.3 is 10.2 Å². The second-order valence-corrected chi connectivity index (χ2v) is 8.95. The molecule has 2 bridgehead atoms. The van der Waals surface area contributed by atoms with Gasteiger partial charge >= 0.3 is 0 Å². The van der Waals surface area contributed by atoms with Gasteiger partial charge in [-0.1, -0.05) is 35.4 Å². The van der Waals surface area contributed by atoms with Gasteiger partial charge in [-0.15, -0.1) is 0 Å². The summed E-state index contributed by atoms with van der Waals surface area (Å²) < 4.78 is 0. The maximum atomic E-state index is 10.9. The fourth-order valence-electron chi connectivity index (χ4n) is 5.62. The van der Waals surface area contributed by atoms with Crippen molar-refractivity contribution in [3.05, 3.63) is 57.6 Å². The van der Waals surface area contributed by atoms with Gasteiger partial charge in [0.2, 0.25) is 0 Å². The van der Waals surface area contributed by atoms with Crippen LogP contribution in [0.4, 0.5) is 0 Å². The average Bonchev–Trinajstić information content (AvgIpc) is 2.56. The molecule has 3 aliphatic rings. The van der Waals surface area contributed by atoms with Crippen LogP contribution in [0.5, 0.6) is 11.5 Å². The summed E-state index contributed by atoms with van der Waals surface area (Å²) in [4.78, 5) is 0. The molecule has 2 nitrogen and oxygen atoms in total. The van der Waals surface area contributed by atoms with Crippen molar-refractivity contribution in [2.45, 2.75) is 59.3 Å². The number of hydrogen-bond acceptors (Lipinski definition) is 2. The lowest BCUT2D eigenvalue weighted by Gasteiger charge is -2.48. The summed E-state index contributed by atoms with van der Waals surface area (Å²) >= 11 is 0. The maximum Gasteiger partial charge on any atom is 0.122 e. The van der Waals surface area contributed by atoms with Gasteiger partial charge in [-0.05, 0) is 82.3 Å². The second kappa shape index (κ2) is 6.33. The monoisotopic (exact) mass is 350 g/mol. The highest BCUT2D eigenvalue weighted by Gasteiger charge is 2.43. The highest BCUT2D eigenvalue weighted by molar-refractivity contribution is 5.53. The van der Waals surface area contributed by atoms with E-state index in [0.29, 0.717) is 17.4 Å². The number of phenols is 2. The maximum absolute atomic E-state index is 10.9. The number of phenolic OH excluding ortho intramolecular Hbond substituents is 2. The van der Waals surface area contributed by atoms with E-state index >= 15 is 0 Å². The summed E-state index contributed by atoms with van der Waals surface area (Å²) in [5.41, 5.74) is 6.18. The molecule has 2 N–H and O–H groups in total. The first kappa shape index (κ1) is 17.5. The Balaban J connectivity index is 1.88. The van der Waals surface area contributed by atoms with Crippen molar-refractivity contribution in [1.29, 1.82) is 0 Å². The van der Waals surface area contributed by atoms with E-state index in [2.05, 4.69) is 26.0 Å². The quantitative estimate of drug-likeness (QED) is 0.723. The Labute approximate surface area is 156 Å². The van der Waals surface area contributed by atoms with E-state index in [9.17, 15) is 10.2 Å². The van der Waals surface area contributed by atoms with Gasteiger partial charge in [-0.2, -0.15) is 0 Å². The zero-order valence-corrected chi connectivity index (χ0v) is 16.3. The molecule has 0 spiro atoms. The molecule has 0 amide bonds. The van der Waals surface area contributed by atoms with Crippen molar-refractivity contribution in [1.82, 2.24) is 0 Å². The first-order valence-electron chi connectivity index (χ1n) is 9.93. The van der Waals surface area contributed by atoms with Crippen LogP contribution in [0.3, 0.4) is 0 Å². The molecule has 0 aromatic heterocycles. The van der Waals surface area contributed by atoms with Crippen LogP contribution in [0.2, 0.25) is 0 Å². The van der Waals surface area contributed by atoms with Gasteiger partial charge in [0.05, 0.1) is 0 Å². The molecule has 26 heavy (non-hydrogen) atoms. The van der Waals surface area contributed by atoms with Crippen molar-refractivity contribution < 1.29 is 10.2 Å². The molecule has 0 heterocycles. The molecule has 0 atom stereocenters. The van der Waals surface area contributed by atoms with E-state index in [1.54, 1.807) is 0 Å². The van der Waals surface area contributed by atoms with E-state index in [0.717, 1.165) is 34.1 Å². The lowest BCUT2D eigenvalue weighted by Crippen LogP contribution is -2.36. The van der Waals surface area contributed by atoms with Crippen LogP contribution in [-0.2, 0) is 0 Å². The molecule has 0 radical (unpaired) electrons. The molecule has 0 aliphatic heterocycles. The van der Waals surface area contributed by atoms with Gasteiger partial charge in [0.15, 0.2) is 0 Å². The predicted molar refractivity (Wildman–Crippen MR) is 106 cm³/mol. The normalized spacial score (nSPS) is 24.6. The van der Waals surface area contributed by atoms with E-state index in [1.807, 2.05) is 26.0 Å². The highest BCUT2D eigenvalue weighted by Crippen LogP contribution is 2.55. The number of aryl methyl sites for hydroxylation is 4. The predicted octanol–water partition coefficient (Wildman–Crippen LogP) is 5.90. The van der Waals surface area contributed by atoms with Crippen LogP contribution >= 0.6 is 0 Å². The fourth-order valence-corrected chi connectivity index (χ4v) is 5.62. The Hall–Kier alpha value is -1.96. The van der Waals surface area contributed by atoms with Crippen molar-refractivity contribution in [3.63, 3.8) is 0 Å². The molecule has 3 fully saturated rings. The molecule has 2 aromatic rings. The summed E-state index contributed by atoms with van der Waals surface area (Å²) in [6.45, 7) is 8.13. The van der Waals surface area contributed by atoms with E-state index in [4.69, 9.17) is 0 Å². The molecular formula is C24H30O2. The standard InChI is InChI=1S/C24H30O2/c1-13-5-15(3)23(25)20(7-13)22(19-11-17-9-18(10-17)12-19)21-8-14(2)6-16(4)24(21)26/h5-8,17-19,22,25-26H,9-12H2,1-4H3. The third-order valence-electron chi connectivity index (χ3n) is 6.70. The van der Waals surface area contributed by atoms with Gasteiger partial charge in [-0.25, -0.2) is 0 Å². The van der Waals surface area contributed by atoms with Crippen LogP contribution in [0.1, 0.15) is 65.0 Å². The highest BCUT2D eigenvalue weighted by atomic mass is 16.3. The number of hydrogen-bond donors (Lipinski definition) is 2. The van der Waals surface area contributed by atoms with Gasteiger partial charge in [0, 0.05) is 17.0 Å². The third-order valence-corrected chi connectivity index (χ3v) is 6.70. The number of aromatic hydroxyl groups is 2. The molecule has 0 saturated heterocycles. The third kappa shape index (κ3) is 2.90. The molecule has 3 saturated carbocycles. The van der Waals surface area contributed by atoms with Crippen LogP contribution < -0.4 is 0 Å². The van der Waals surface area contributed by atoms with Crippen molar-refractivity contribution in [2.75, 3.05) is 0 Å². The molecular weight excluding hydrogens is 320 g/mol. The number of benzene rings is 2.